The average molecular weight is 337 g/mol. The molecule has 3 aromatic rings. The predicted octanol–water partition coefficient (Wildman–Crippen LogP) is 3.00. The Morgan fingerprint density at radius 3 is 2.72 bits per heavy atom. The maximum Gasteiger partial charge on any atom is 0.304 e. The molecule has 0 saturated heterocycles. The molecule has 6 nitrogen and oxygen atoms in total. The molecule has 25 heavy (non-hydrogen) atoms. The maximum absolute atomic E-state index is 11.5. The van der Waals surface area contributed by atoms with Crippen molar-refractivity contribution in [3.05, 3.63) is 58.1 Å². The fourth-order valence-corrected chi connectivity index (χ4v) is 3.21. The van der Waals surface area contributed by atoms with Gasteiger partial charge in [0.1, 0.15) is 11.8 Å². The van der Waals surface area contributed by atoms with E-state index in [-0.39, 0.29) is 12.3 Å². The van der Waals surface area contributed by atoms with Crippen LogP contribution in [-0.2, 0) is 11.8 Å². The fraction of sp³-hybridized carbons (Fsp3) is 0.263. The van der Waals surface area contributed by atoms with E-state index in [1.807, 2.05) is 45.2 Å². The Morgan fingerprint density at radius 2 is 2.04 bits per heavy atom. The Kier molecular flexibility index (Phi) is 4.35. The van der Waals surface area contributed by atoms with Gasteiger partial charge in [0.05, 0.1) is 11.9 Å². The maximum atomic E-state index is 11.5. The van der Waals surface area contributed by atoms with E-state index in [0.29, 0.717) is 5.56 Å². The molecule has 0 fully saturated rings. The smallest absolute Gasteiger partial charge is 0.304 e. The minimum atomic E-state index is -0.892. The minimum Gasteiger partial charge on any atom is -0.481 e. The van der Waals surface area contributed by atoms with Gasteiger partial charge in [0.15, 0.2) is 0 Å². The summed E-state index contributed by atoms with van der Waals surface area (Å²) in [7, 11) is 1.82. The molecule has 3 rings (SSSR count). The molecule has 1 atom stereocenters. The minimum absolute atomic E-state index is 0.0615. The number of hydrogen-bond acceptors (Lipinski definition) is 4. The van der Waals surface area contributed by atoms with Crippen LogP contribution in [0.2, 0.25) is 0 Å². The van der Waals surface area contributed by atoms with Gasteiger partial charge >= 0.3 is 5.97 Å². The quantitative estimate of drug-likeness (QED) is 0.723. The van der Waals surface area contributed by atoms with Crippen LogP contribution in [0.25, 0.3) is 11.0 Å². The van der Waals surface area contributed by atoms with E-state index in [4.69, 9.17) is 0 Å². The molecular formula is C19H19N3O3. The van der Waals surface area contributed by atoms with Crippen LogP contribution in [0.4, 0.5) is 0 Å². The van der Waals surface area contributed by atoms with E-state index in [1.165, 1.54) is 0 Å². The Labute approximate surface area is 145 Å². The Hall–Kier alpha value is -3.02. The topological polar surface area (TPSA) is 85.1 Å². The highest BCUT2D eigenvalue weighted by Crippen LogP contribution is 2.33. The van der Waals surface area contributed by atoms with E-state index in [2.05, 4.69) is 10.3 Å². The highest BCUT2D eigenvalue weighted by Gasteiger charge is 2.22. The van der Waals surface area contributed by atoms with Crippen LogP contribution in [0, 0.1) is 13.8 Å². The highest BCUT2D eigenvalue weighted by atomic mass is 16.4. The second kappa shape index (κ2) is 6.47. The molecule has 0 spiro atoms. The van der Waals surface area contributed by atoms with E-state index in [1.54, 1.807) is 10.7 Å². The molecule has 0 bridgehead atoms. The van der Waals surface area contributed by atoms with Crippen LogP contribution < -0.4 is 0 Å². The molecule has 1 heterocycles. The molecule has 6 heteroatoms. The van der Waals surface area contributed by atoms with Crippen LogP contribution in [-0.4, -0.2) is 32.4 Å². The standard InChI is InChI=1S/C19H19N3O3/c1-11-4-5-13(8-14(11)10-23)16(9-18(24)25)15-6-7-17-19(12(15)2)20-21-22(17)3/h4-8,10,16H,9H2,1-3H3,(H,24,25). The summed E-state index contributed by atoms with van der Waals surface area (Å²) in [4.78, 5) is 22.7. The van der Waals surface area contributed by atoms with Crippen molar-refractivity contribution in [2.24, 2.45) is 7.05 Å². The van der Waals surface area contributed by atoms with Gasteiger partial charge in [0.2, 0.25) is 0 Å². The van der Waals surface area contributed by atoms with Crippen molar-refractivity contribution < 1.29 is 14.7 Å². The summed E-state index contributed by atoms with van der Waals surface area (Å²) in [5.41, 5.74) is 5.70. The van der Waals surface area contributed by atoms with Crippen molar-refractivity contribution in [1.29, 1.82) is 0 Å². The molecule has 0 radical (unpaired) electrons. The number of carbonyl (C=O) groups excluding carboxylic acids is 1. The molecule has 1 N–H and O–H groups in total. The van der Waals surface area contributed by atoms with Gasteiger partial charge < -0.3 is 5.11 Å². The van der Waals surface area contributed by atoms with Crippen LogP contribution in [0.5, 0.6) is 0 Å². The zero-order chi connectivity index (χ0) is 18.1. The number of aldehydes is 1. The summed E-state index contributed by atoms with van der Waals surface area (Å²) in [6.45, 7) is 3.78. The van der Waals surface area contributed by atoms with E-state index >= 15 is 0 Å². The summed E-state index contributed by atoms with van der Waals surface area (Å²) in [5.74, 6) is -1.25. The SMILES string of the molecule is Cc1ccc(C(CC(=O)O)c2ccc3c(nnn3C)c2C)cc1C=O. The molecule has 1 unspecified atom stereocenters. The van der Waals surface area contributed by atoms with Gasteiger partial charge in [0.25, 0.3) is 0 Å². The summed E-state index contributed by atoms with van der Waals surface area (Å²) in [5, 5.41) is 17.6. The van der Waals surface area contributed by atoms with Crippen molar-refractivity contribution in [1.82, 2.24) is 15.0 Å². The number of benzene rings is 2. The van der Waals surface area contributed by atoms with Gasteiger partial charge in [-0.15, -0.1) is 5.10 Å². The second-order valence-corrected chi connectivity index (χ2v) is 6.24. The van der Waals surface area contributed by atoms with E-state index < -0.39 is 5.97 Å². The third-order valence-corrected chi connectivity index (χ3v) is 4.67. The largest absolute Gasteiger partial charge is 0.481 e. The number of aromatic nitrogens is 3. The third-order valence-electron chi connectivity index (χ3n) is 4.67. The number of nitrogens with zero attached hydrogens (tertiary/aromatic N) is 3. The van der Waals surface area contributed by atoms with Gasteiger partial charge in [-0.3, -0.25) is 9.59 Å². The molecule has 1 aromatic heterocycles. The van der Waals surface area contributed by atoms with Crippen LogP contribution in [0.1, 0.15) is 45.0 Å². The molecule has 0 saturated carbocycles. The van der Waals surface area contributed by atoms with Crippen molar-refractivity contribution >= 4 is 23.3 Å². The number of aliphatic carboxylic acids is 1. The second-order valence-electron chi connectivity index (χ2n) is 6.24. The lowest BCUT2D eigenvalue weighted by molar-refractivity contribution is -0.137. The van der Waals surface area contributed by atoms with Gasteiger partial charge in [-0.25, -0.2) is 4.68 Å². The molecule has 0 aliphatic heterocycles. The summed E-state index contributed by atoms with van der Waals surface area (Å²) in [6, 6.07) is 9.34. The molecule has 128 valence electrons. The average Bonchev–Trinajstić information content (AvgIpc) is 2.96. The molecule has 0 aliphatic rings. The van der Waals surface area contributed by atoms with E-state index in [9.17, 15) is 14.7 Å². The zero-order valence-electron chi connectivity index (χ0n) is 14.4. The lowest BCUT2D eigenvalue weighted by Gasteiger charge is -2.19. The normalized spacial score (nSPS) is 12.3. The van der Waals surface area contributed by atoms with E-state index in [0.717, 1.165) is 39.6 Å². The van der Waals surface area contributed by atoms with Crippen molar-refractivity contribution in [3.63, 3.8) is 0 Å². The van der Waals surface area contributed by atoms with Crippen LogP contribution >= 0.6 is 0 Å². The number of carboxylic acids is 1. The predicted molar refractivity (Wildman–Crippen MR) is 93.9 cm³/mol. The van der Waals surface area contributed by atoms with Gasteiger partial charge in [-0.1, -0.05) is 23.4 Å². The van der Waals surface area contributed by atoms with Gasteiger partial charge in [-0.05, 0) is 48.2 Å². The van der Waals surface area contributed by atoms with Crippen LogP contribution in [0.3, 0.4) is 0 Å². The molecular weight excluding hydrogens is 318 g/mol. The Morgan fingerprint density at radius 1 is 1.28 bits per heavy atom. The Bertz CT molecular complexity index is 975. The molecule has 0 aliphatic carbocycles. The first-order valence-electron chi connectivity index (χ1n) is 7.98. The van der Waals surface area contributed by atoms with Crippen molar-refractivity contribution in [2.45, 2.75) is 26.2 Å². The first kappa shape index (κ1) is 16.8. The Balaban J connectivity index is 2.18. The number of fused-ring (bicyclic) bond motifs is 1. The van der Waals surface area contributed by atoms with Crippen molar-refractivity contribution in [2.75, 3.05) is 0 Å². The highest BCUT2D eigenvalue weighted by molar-refractivity contribution is 5.81. The number of hydrogen-bond donors (Lipinski definition) is 1. The summed E-state index contributed by atoms with van der Waals surface area (Å²) >= 11 is 0. The number of rotatable bonds is 5. The lowest BCUT2D eigenvalue weighted by atomic mass is 9.84. The molecule has 2 aromatic carbocycles. The van der Waals surface area contributed by atoms with Crippen molar-refractivity contribution in [3.8, 4) is 0 Å². The monoisotopic (exact) mass is 337 g/mol. The van der Waals surface area contributed by atoms with Gasteiger partial charge in [-0.2, -0.15) is 0 Å². The summed E-state index contributed by atoms with van der Waals surface area (Å²) < 4.78 is 1.69. The summed E-state index contributed by atoms with van der Waals surface area (Å²) in [6.07, 6.45) is 0.739. The number of carbonyl (C=O) groups is 2. The number of carboxylic acid groups (broad SMARTS) is 1. The fourth-order valence-electron chi connectivity index (χ4n) is 3.21. The first-order valence-corrected chi connectivity index (χ1v) is 7.98. The molecule has 0 amide bonds. The van der Waals surface area contributed by atoms with Crippen LogP contribution in [0.15, 0.2) is 30.3 Å². The number of aryl methyl sites for hydroxylation is 3. The van der Waals surface area contributed by atoms with Gasteiger partial charge in [0, 0.05) is 18.5 Å². The lowest BCUT2D eigenvalue weighted by Crippen LogP contribution is -2.10. The zero-order valence-corrected chi connectivity index (χ0v) is 14.4. The first-order chi connectivity index (χ1) is 11.9. The third kappa shape index (κ3) is 3.03.